The fraction of sp³-hybridized carbons (Fsp3) is 0.833. The summed E-state index contributed by atoms with van der Waals surface area (Å²) in [6.45, 7) is 2.16. The first-order valence-electron chi connectivity index (χ1n) is 2.86. The topological polar surface area (TPSA) is 14.0 Å². The van der Waals surface area contributed by atoms with Crippen molar-refractivity contribution in [1.82, 2.24) is 0 Å². The minimum absolute atomic E-state index is 0.921. The summed E-state index contributed by atoms with van der Waals surface area (Å²) in [4.78, 5) is 3.14. The SMILES string of the molecule is C[NH+]=C(C)C1CC1. The van der Waals surface area contributed by atoms with Gasteiger partial charge in [0.1, 0.15) is 12.8 Å². The van der Waals surface area contributed by atoms with E-state index in [1.165, 1.54) is 18.6 Å². The fourth-order valence-corrected chi connectivity index (χ4v) is 0.720. The van der Waals surface area contributed by atoms with E-state index >= 15 is 0 Å². The van der Waals surface area contributed by atoms with E-state index in [0.717, 1.165) is 5.92 Å². The van der Waals surface area contributed by atoms with E-state index < -0.39 is 0 Å². The van der Waals surface area contributed by atoms with Crippen LogP contribution in [-0.2, 0) is 0 Å². The van der Waals surface area contributed by atoms with E-state index in [4.69, 9.17) is 0 Å². The van der Waals surface area contributed by atoms with Crippen LogP contribution in [0.5, 0.6) is 0 Å². The van der Waals surface area contributed by atoms with E-state index in [9.17, 15) is 0 Å². The summed E-state index contributed by atoms with van der Waals surface area (Å²) in [6, 6.07) is 0. The molecule has 0 spiro atoms. The maximum atomic E-state index is 3.14. The molecule has 1 saturated carbocycles. The molecular formula is C6H12N+. The van der Waals surface area contributed by atoms with Crippen LogP contribution in [0.4, 0.5) is 0 Å². The quantitative estimate of drug-likeness (QED) is 0.428. The highest BCUT2D eigenvalue weighted by atomic mass is 14.7. The largest absolute Gasteiger partial charge is 0.252 e. The van der Waals surface area contributed by atoms with Crippen molar-refractivity contribution in [2.75, 3.05) is 7.05 Å². The lowest BCUT2D eigenvalue weighted by Crippen LogP contribution is -2.67. The van der Waals surface area contributed by atoms with Gasteiger partial charge in [-0.2, -0.15) is 0 Å². The van der Waals surface area contributed by atoms with Crippen molar-refractivity contribution >= 4 is 5.71 Å². The Labute approximate surface area is 44.5 Å². The Hall–Kier alpha value is -0.330. The average molecular weight is 98.2 g/mol. The average Bonchev–Trinajstić information content (AvgIpc) is 2.44. The second-order valence-corrected chi connectivity index (χ2v) is 2.21. The van der Waals surface area contributed by atoms with Gasteiger partial charge in [0.2, 0.25) is 0 Å². The van der Waals surface area contributed by atoms with Crippen LogP contribution in [0.25, 0.3) is 0 Å². The molecule has 0 radical (unpaired) electrons. The second-order valence-electron chi connectivity index (χ2n) is 2.21. The van der Waals surface area contributed by atoms with Crippen molar-refractivity contribution in [3.8, 4) is 0 Å². The van der Waals surface area contributed by atoms with Crippen LogP contribution in [0.15, 0.2) is 0 Å². The summed E-state index contributed by atoms with van der Waals surface area (Å²) in [6.07, 6.45) is 2.82. The third-order valence-electron chi connectivity index (χ3n) is 1.58. The van der Waals surface area contributed by atoms with Crippen LogP contribution < -0.4 is 4.99 Å². The first kappa shape index (κ1) is 4.82. The Morgan fingerprint density at radius 1 is 1.57 bits per heavy atom. The van der Waals surface area contributed by atoms with Crippen LogP contribution in [0.1, 0.15) is 19.8 Å². The highest BCUT2D eigenvalue weighted by molar-refractivity contribution is 5.80. The third-order valence-corrected chi connectivity index (χ3v) is 1.58. The predicted molar refractivity (Wildman–Crippen MR) is 30.3 cm³/mol. The monoisotopic (exact) mass is 98.1 g/mol. The van der Waals surface area contributed by atoms with Crippen LogP contribution in [0, 0.1) is 5.92 Å². The second kappa shape index (κ2) is 1.65. The molecule has 1 aliphatic rings. The van der Waals surface area contributed by atoms with E-state index in [-0.39, 0.29) is 0 Å². The van der Waals surface area contributed by atoms with Crippen molar-refractivity contribution in [2.45, 2.75) is 19.8 Å². The fourth-order valence-electron chi connectivity index (χ4n) is 0.720. The van der Waals surface area contributed by atoms with Crippen LogP contribution in [0.3, 0.4) is 0 Å². The van der Waals surface area contributed by atoms with Gasteiger partial charge in [-0.15, -0.1) is 0 Å². The lowest BCUT2D eigenvalue weighted by atomic mass is 10.3. The highest BCUT2D eigenvalue weighted by Crippen LogP contribution is 2.28. The van der Waals surface area contributed by atoms with Crippen molar-refractivity contribution in [1.29, 1.82) is 0 Å². The molecular weight excluding hydrogens is 86.1 g/mol. The molecule has 1 nitrogen and oxygen atoms in total. The summed E-state index contributed by atoms with van der Waals surface area (Å²) in [5.74, 6) is 0.921. The minimum Gasteiger partial charge on any atom is -0.252 e. The van der Waals surface area contributed by atoms with Gasteiger partial charge in [0.15, 0.2) is 0 Å². The molecule has 0 aliphatic heterocycles. The van der Waals surface area contributed by atoms with Gasteiger partial charge in [0, 0.05) is 12.8 Å². The highest BCUT2D eigenvalue weighted by Gasteiger charge is 2.27. The molecule has 0 aromatic carbocycles. The zero-order valence-electron chi connectivity index (χ0n) is 4.99. The Morgan fingerprint density at radius 3 is 2.29 bits per heavy atom. The van der Waals surface area contributed by atoms with Gasteiger partial charge in [-0.25, -0.2) is 0 Å². The number of nitrogens with one attached hydrogen (secondary N) is 1. The molecule has 0 saturated heterocycles. The molecule has 1 heteroatoms. The van der Waals surface area contributed by atoms with E-state index in [2.05, 4.69) is 11.9 Å². The molecule has 0 unspecified atom stereocenters. The molecule has 0 amide bonds. The molecule has 0 heterocycles. The van der Waals surface area contributed by atoms with E-state index in [0.29, 0.717) is 0 Å². The first-order chi connectivity index (χ1) is 3.34. The standard InChI is InChI=1S/C6H11N/c1-5(7-2)6-3-4-6/h6H,3-4H2,1-2H3/p+1. The molecule has 1 rings (SSSR count). The molecule has 40 valence electrons. The van der Waals surface area contributed by atoms with Crippen molar-refractivity contribution in [2.24, 2.45) is 5.92 Å². The summed E-state index contributed by atoms with van der Waals surface area (Å²) < 4.78 is 0. The van der Waals surface area contributed by atoms with Gasteiger partial charge in [0.25, 0.3) is 0 Å². The number of hydrogen-bond donors (Lipinski definition) is 1. The summed E-state index contributed by atoms with van der Waals surface area (Å²) in [5, 5.41) is 0. The Bertz CT molecular complexity index is 90.4. The summed E-state index contributed by atoms with van der Waals surface area (Å²) in [7, 11) is 1.99. The zero-order chi connectivity index (χ0) is 5.28. The normalized spacial score (nSPS) is 22.9. The summed E-state index contributed by atoms with van der Waals surface area (Å²) in [5.41, 5.74) is 1.46. The maximum Gasteiger partial charge on any atom is 0.150 e. The molecule has 0 atom stereocenters. The predicted octanol–water partition coefficient (Wildman–Crippen LogP) is -0.432. The Morgan fingerprint density at radius 2 is 2.14 bits per heavy atom. The molecule has 1 N–H and O–H groups in total. The van der Waals surface area contributed by atoms with Crippen LogP contribution in [-0.4, -0.2) is 12.8 Å². The molecule has 7 heavy (non-hydrogen) atoms. The van der Waals surface area contributed by atoms with E-state index in [1.807, 2.05) is 7.05 Å². The number of hydrogen-bond acceptors (Lipinski definition) is 0. The van der Waals surface area contributed by atoms with Gasteiger partial charge in [0.05, 0.1) is 0 Å². The Kier molecular flexibility index (Phi) is 1.13. The molecule has 0 bridgehead atoms. The molecule has 0 aromatic rings. The van der Waals surface area contributed by atoms with Crippen molar-refractivity contribution in [3.05, 3.63) is 0 Å². The molecule has 1 fully saturated rings. The first-order valence-corrected chi connectivity index (χ1v) is 2.86. The lowest BCUT2D eigenvalue weighted by Gasteiger charge is -1.79. The summed E-state index contributed by atoms with van der Waals surface area (Å²) >= 11 is 0. The smallest absolute Gasteiger partial charge is 0.150 e. The maximum absolute atomic E-state index is 3.14. The minimum atomic E-state index is 0.921. The van der Waals surface area contributed by atoms with Crippen LogP contribution >= 0.6 is 0 Å². The van der Waals surface area contributed by atoms with Gasteiger partial charge in [-0.05, 0) is 12.8 Å². The van der Waals surface area contributed by atoms with Crippen molar-refractivity contribution < 1.29 is 4.99 Å². The lowest BCUT2D eigenvalue weighted by molar-refractivity contribution is -0.422. The van der Waals surface area contributed by atoms with E-state index in [1.54, 1.807) is 0 Å². The van der Waals surface area contributed by atoms with Crippen LogP contribution in [0.2, 0.25) is 0 Å². The number of rotatable bonds is 1. The zero-order valence-corrected chi connectivity index (χ0v) is 4.99. The van der Waals surface area contributed by atoms with Gasteiger partial charge >= 0.3 is 0 Å². The molecule has 0 aromatic heterocycles. The third kappa shape index (κ3) is 1.02. The van der Waals surface area contributed by atoms with Gasteiger partial charge < -0.3 is 0 Å². The van der Waals surface area contributed by atoms with Gasteiger partial charge in [-0.3, -0.25) is 4.99 Å². The Balaban J connectivity index is 2.37. The van der Waals surface area contributed by atoms with Crippen molar-refractivity contribution in [3.63, 3.8) is 0 Å². The molecule has 1 aliphatic carbocycles. The van der Waals surface area contributed by atoms with Gasteiger partial charge in [-0.1, -0.05) is 0 Å².